The minimum Gasteiger partial charge on any atom is -0.480 e. The quantitative estimate of drug-likeness (QED) is 0.832. The first-order chi connectivity index (χ1) is 9.22. The van der Waals surface area contributed by atoms with Gasteiger partial charge in [-0.25, -0.2) is 0 Å². The number of aliphatic carboxylic acids is 1. The van der Waals surface area contributed by atoms with Gasteiger partial charge in [0.05, 0.1) is 0 Å². The average Bonchev–Trinajstić information content (AvgIpc) is 2.32. The van der Waals surface area contributed by atoms with E-state index in [0.717, 1.165) is 0 Å². The first kappa shape index (κ1) is 16.7. The molecule has 2 atom stereocenters. The van der Waals surface area contributed by atoms with Gasteiger partial charge in [0.25, 0.3) is 0 Å². The summed E-state index contributed by atoms with van der Waals surface area (Å²) in [6.07, 6.45) is 0.642. The molecular weight excluding hydrogens is 250 g/mol. The first-order valence-electron chi connectivity index (χ1n) is 7.29. The van der Waals surface area contributed by atoms with Crippen molar-refractivity contribution >= 4 is 5.97 Å². The second-order valence-corrected chi connectivity index (χ2v) is 6.20. The van der Waals surface area contributed by atoms with Gasteiger partial charge in [0.15, 0.2) is 0 Å². The van der Waals surface area contributed by atoms with Crippen LogP contribution in [0.2, 0.25) is 0 Å². The van der Waals surface area contributed by atoms with Gasteiger partial charge in [-0.3, -0.25) is 10.1 Å². The zero-order valence-corrected chi connectivity index (χ0v) is 13.4. The smallest absolute Gasteiger partial charge is 0.320 e. The van der Waals surface area contributed by atoms with Crippen molar-refractivity contribution in [2.45, 2.75) is 60.0 Å². The summed E-state index contributed by atoms with van der Waals surface area (Å²) in [5.41, 5.74) is 4.91. The Bertz CT molecular complexity index is 480. The molecule has 0 bridgehead atoms. The van der Waals surface area contributed by atoms with E-state index in [1.54, 1.807) is 0 Å². The molecule has 0 aromatic heterocycles. The summed E-state index contributed by atoms with van der Waals surface area (Å²) >= 11 is 0. The largest absolute Gasteiger partial charge is 0.480 e. The summed E-state index contributed by atoms with van der Waals surface area (Å²) in [5, 5.41) is 12.6. The van der Waals surface area contributed by atoms with Gasteiger partial charge in [-0.1, -0.05) is 26.0 Å². The third-order valence-electron chi connectivity index (χ3n) is 3.81. The van der Waals surface area contributed by atoms with Crippen molar-refractivity contribution in [3.8, 4) is 0 Å². The molecule has 3 nitrogen and oxygen atoms in total. The molecule has 2 unspecified atom stereocenters. The van der Waals surface area contributed by atoms with Gasteiger partial charge in [-0.2, -0.15) is 0 Å². The molecule has 0 aliphatic rings. The SMILES string of the molecule is Cc1cc(C)c(C(C)NC(CC(C)C)C(=O)O)cc1C. The molecule has 0 saturated heterocycles. The highest BCUT2D eigenvalue weighted by Crippen LogP contribution is 2.22. The van der Waals surface area contributed by atoms with Crippen LogP contribution in [-0.4, -0.2) is 17.1 Å². The van der Waals surface area contributed by atoms with Crippen LogP contribution in [0.25, 0.3) is 0 Å². The van der Waals surface area contributed by atoms with Gasteiger partial charge in [0.1, 0.15) is 6.04 Å². The fraction of sp³-hybridized carbons (Fsp3) is 0.588. The highest BCUT2D eigenvalue weighted by Gasteiger charge is 2.22. The number of hydrogen-bond acceptors (Lipinski definition) is 2. The van der Waals surface area contributed by atoms with Crippen molar-refractivity contribution in [3.63, 3.8) is 0 Å². The van der Waals surface area contributed by atoms with E-state index in [9.17, 15) is 9.90 Å². The third kappa shape index (κ3) is 4.34. The molecule has 0 saturated carbocycles. The van der Waals surface area contributed by atoms with Crippen LogP contribution in [0.3, 0.4) is 0 Å². The lowest BCUT2D eigenvalue weighted by Gasteiger charge is -2.24. The molecule has 1 aromatic rings. The molecule has 0 fully saturated rings. The van der Waals surface area contributed by atoms with Crippen LogP contribution in [0.5, 0.6) is 0 Å². The molecule has 2 N–H and O–H groups in total. The Morgan fingerprint density at radius 3 is 2.15 bits per heavy atom. The summed E-state index contributed by atoms with van der Waals surface area (Å²) in [4.78, 5) is 11.3. The van der Waals surface area contributed by atoms with Crippen molar-refractivity contribution in [1.29, 1.82) is 0 Å². The van der Waals surface area contributed by atoms with E-state index < -0.39 is 12.0 Å². The monoisotopic (exact) mass is 277 g/mol. The molecule has 0 spiro atoms. The second kappa shape index (κ2) is 6.89. The van der Waals surface area contributed by atoms with Crippen LogP contribution in [0.15, 0.2) is 12.1 Å². The standard InChI is InChI=1S/C17H27NO2/c1-10(2)7-16(17(19)20)18-14(6)15-9-12(4)11(3)8-13(15)5/h8-10,14,16,18H,7H2,1-6H3,(H,19,20). The van der Waals surface area contributed by atoms with Crippen molar-refractivity contribution in [2.24, 2.45) is 5.92 Å². The number of aryl methyl sites for hydroxylation is 3. The Morgan fingerprint density at radius 1 is 1.10 bits per heavy atom. The van der Waals surface area contributed by atoms with E-state index in [1.807, 2.05) is 20.8 Å². The van der Waals surface area contributed by atoms with Crippen LogP contribution in [0, 0.1) is 26.7 Å². The lowest BCUT2D eigenvalue weighted by Crippen LogP contribution is -2.39. The van der Waals surface area contributed by atoms with Gasteiger partial charge in [0.2, 0.25) is 0 Å². The van der Waals surface area contributed by atoms with Crippen LogP contribution in [-0.2, 0) is 4.79 Å². The van der Waals surface area contributed by atoms with E-state index in [-0.39, 0.29) is 6.04 Å². The molecule has 1 aromatic carbocycles. The van der Waals surface area contributed by atoms with E-state index in [0.29, 0.717) is 12.3 Å². The summed E-state index contributed by atoms with van der Waals surface area (Å²) in [6.45, 7) is 12.4. The number of carboxylic acids is 1. The number of carbonyl (C=O) groups is 1. The lowest BCUT2D eigenvalue weighted by molar-refractivity contribution is -0.140. The average molecular weight is 277 g/mol. The summed E-state index contributed by atoms with van der Waals surface area (Å²) in [6, 6.07) is 3.87. The molecule has 0 radical (unpaired) electrons. The Hall–Kier alpha value is -1.35. The predicted octanol–water partition coefficient (Wildman–Crippen LogP) is 3.76. The molecule has 0 heterocycles. The molecule has 112 valence electrons. The van der Waals surface area contributed by atoms with Crippen molar-refractivity contribution in [3.05, 3.63) is 34.4 Å². The van der Waals surface area contributed by atoms with E-state index >= 15 is 0 Å². The summed E-state index contributed by atoms with van der Waals surface area (Å²) < 4.78 is 0. The van der Waals surface area contributed by atoms with E-state index in [1.165, 1.54) is 22.3 Å². The molecule has 0 aliphatic carbocycles. The van der Waals surface area contributed by atoms with Gasteiger partial charge < -0.3 is 5.11 Å². The third-order valence-corrected chi connectivity index (χ3v) is 3.81. The maximum absolute atomic E-state index is 11.3. The molecule has 0 aliphatic heterocycles. The van der Waals surface area contributed by atoms with Crippen molar-refractivity contribution in [2.75, 3.05) is 0 Å². The molecule has 3 heteroatoms. The molecule has 1 rings (SSSR count). The Balaban J connectivity index is 2.91. The maximum Gasteiger partial charge on any atom is 0.320 e. The highest BCUT2D eigenvalue weighted by molar-refractivity contribution is 5.73. The summed E-state index contributed by atoms with van der Waals surface area (Å²) in [7, 11) is 0. The molecule has 0 amide bonds. The highest BCUT2D eigenvalue weighted by atomic mass is 16.4. The van der Waals surface area contributed by atoms with Gasteiger partial charge in [0, 0.05) is 6.04 Å². The topological polar surface area (TPSA) is 49.3 Å². The molecular formula is C17H27NO2. The van der Waals surface area contributed by atoms with Crippen LogP contribution in [0.4, 0.5) is 0 Å². The van der Waals surface area contributed by atoms with Gasteiger partial charge >= 0.3 is 5.97 Å². The number of hydrogen-bond donors (Lipinski definition) is 2. The predicted molar refractivity (Wildman–Crippen MR) is 83.1 cm³/mol. The van der Waals surface area contributed by atoms with Gasteiger partial charge in [-0.05, 0) is 62.3 Å². The number of benzene rings is 1. The van der Waals surface area contributed by atoms with Crippen molar-refractivity contribution in [1.82, 2.24) is 5.32 Å². The first-order valence-corrected chi connectivity index (χ1v) is 7.29. The van der Waals surface area contributed by atoms with Crippen LogP contribution < -0.4 is 5.32 Å². The fourth-order valence-corrected chi connectivity index (χ4v) is 2.55. The Labute approximate surface area is 122 Å². The Morgan fingerprint density at radius 2 is 1.65 bits per heavy atom. The van der Waals surface area contributed by atoms with E-state index in [2.05, 4.69) is 38.2 Å². The zero-order valence-electron chi connectivity index (χ0n) is 13.4. The number of carboxylic acid groups (broad SMARTS) is 1. The number of nitrogens with one attached hydrogen (secondary N) is 1. The number of rotatable bonds is 6. The minimum absolute atomic E-state index is 0.0362. The van der Waals surface area contributed by atoms with Gasteiger partial charge in [-0.15, -0.1) is 0 Å². The minimum atomic E-state index is -0.771. The Kier molecular flexibility index (Phi) is 5.75. The van der Waals surface area contributed by atoms with Crippen LogP contribution >= 0.6 is 0 Å². The lowest BCUT2D eigenvalue weighted by atomic mass is 9.95. The second-order valence-electron chi connectivity index (χ2n) is 6.20. The maximum atomic E-state index is 11.3. The fourth-order valence-electron chi connectivity index (χ4n) is 2.55. The zero-order chi connectivity index (χ0) is 15.4. The van der Waals surface area contributed by atoms with E-state index in [4.69, 9.17) is 0 Å². The van der Waals surface area contributed by atoms with Crippen molar-refractivity contribution < 1.29 is 9.90 Å². The van der Waals surface area contributed by atoms with Crippen LogP contribution in [0.1, 0.15) is 55.5 Å². The normalized spacial score (nSPS) is 14.3. The summed E-state index contributed by atoms with van der Waals surface area (Å²) in [5.74, 6) is -0.413. The molecule has 20 heavy (non-hydrogen) atoms.